The molecule has 5 aromatic rings. The summed E-state index contributed by atoms with van der Waals surface area (Å²) in [6, 6.07) is 19.3. The Morgan fingerprint density at radius 1 is 1.00 bits per heavy atom. The number of allylic oxidation sites excluding steroid dienone is 1. The van der Waals surface area contributed by atoms with Crippen LogP contribution in [-0.4, -0.2) is 40.5 Å². The van der Waals surface area contributed by atoms with Crippen LogP contribution in [0.1, 0.15) is 31.0 Å². The van der Waals surface area contributed by atoms with Gasteiger partial charge in [-0.25, -0.2) is 18.9 Å². The van der Waals surface area contributed by atoms with Gasteiger partial charge < -0.3 is 14.2 Å². The Morgan fingerprint density at radius 3 is 2.41 bits per heavy atom. The average Bonchev–Trinajstić information content (AvgIpc) is 3.61. The molecule has 0 saturated heterocycles. The van der Waals surface area contributed by atoms with Crippen LogP contribution in [0.15, 0.2) is 100 Å². The lowest BCUT2D eigenvalue weighted by Crippen LogP contribution is -2.39. The quantitative estimate of drug-likeness (QED) is 0.193. The molecule has 0 aliphatic carbocycles. The molecule has 0 bridgehead atoms. The van der Waals surface area contributed by atoms with Gasteiger partial charge >= 0.3 is 11.9 Å². The maximum Gasteiger partial charge on any atom is 0.338 e. The van der Waals surface area contributed by atoms with Crippen LogP contribution in [0.4, 0.5) is 4.39 Å². The number of rotatable bonds is 7. The molecular weight excluding hydrogens is 611 g/mol. The van der Waals surface area contributed by atoms with Gasteiger partial charge in [-0.1, -0.05) is 35.6 Å². The van der Waals surface area contributed by atoms with Crippen molar-refractivity contribution >= 4 is 29.4 Å². The molecule has 0 unspecified atom stereocenters. The van der Waals surface area contributed by atoms with E-state index in [0.29, 0.717) is 37.4 Å². The van der Waals surface area contributed by atoms with Crippen molar-refractivity contribution in [1.82, 2.24) is 14.3 Å². The van der Waals surface area contributed by atoms with Gasteiger partial charge in [0.05, 0.1) is 41.8 Å². The zero-order valence-electron chi connectivity index (χ0n) is 25.2. The summed E-state index contributed by atoms with van der Waals surface area (Å²) in [5.41, 5.74) is 3.30. The van der Waals surface area contributed by atoms with Gasteiger partial charge in [-0.3, -0.25) is 14.2 Å². The summed E-state index contributed by atoms with van der Waals surface area (Å²) in [6.45, 7) is 2.95. The zero-order valence-corrected chi connectivity index (χ0v) is 26.0. The van der Waals surface area contributed by atoms with E-state index in [0.717, 1.165) is 17.0 Å². The SMILES string of the molecule is COC(=O)C1=C(C)N=c2s/c(=C\c3cn(-c4ccccc4)nc3-c3ccc(F)cc3)c(=O)n2[C@H]1c1ccc(OC(C)=O)c(OC)c1. The average molecular weight is 639 g/mol. The molecule has 0 saturated carbocycles. The molecule has 10 nitrogen and oxygen atoms in total. The second-order valence-corrected chi connectivity index (χ2v) is 11.3. The summed E-state index contributed by atoms with van der Waals surface area (Å²) in [7, 11) is 2.69. The van der Waals surface area contributed by atoms with E-state index < -0.39 is 23.5 Å². The first-order valence-corrected chi connectivity index (χ1v) is 14.9. The number of fused-ring (bicyclic) bond motifs is 1. The Kier molecular flexibility index (Phi) is 8.20. The molecule has 12 heteroatoms. The Labute approximate surface area is 265 Å². The predicted octanol–water partition coefficient (Wildman–Crippen LogP) is 4.33. The fourth-order valence-corrected chi connectivity index (χ4v) is 6.32. The third-order valence-corrected chi connectivity index (χ3v) is 8.33. The van der Waals surface area contributed by atoms with Crippen LogP contribution >= 0.6 is 11.3 Å². The number of ether oxygens (including phenoxy) is 3. The van der Waals surface area contributed by atoms with E-state index in [4.69, 9.17) is 19.3 Å². The minimum Gasteiger partial charge on any atom is -0.493 e. The Morgan fingerprint density at radius 2 is 1.74 bits per heavy atom. The fraction of sp³-hybridized carbons (Fsp3) is 0.147. The van der Waals surface area contributed by atoms with Crippen molar-refractivity contribution in [2.75, 3.05) is 14.2 Å². The molecule has 1 aliphatic heterocycles. The van der Waals surface area contributed by atoms with E-state index in [9.17, 15) is 18.8 Å². The molecule has 1 aliphatic rings. The normalized spacial score (nSPS) is 14.5. The van der Waals surface area contributed by atoms with E-state index in [1.54, 1.807) is 54.2 Å². The highest BCUT2D eigenvalue weighted by atomic mass is 32.1. The molecule has 3 heterocycles. The molecule has 46 heavy (non-hydrogen) atoms. The number of carbonyl (C=O) groups is 2. The molecular formula is C34H27FN4O6S. The first-order valence-electron chi connectivity index (χ1n) is 14.1. The van der Waals surface area contributed by atoms with Crippen LogP contribution in [0.3, 0.4) is 0 Å². The number of halogens is 1. The van der Waals surface area contributed by atoms with E-state index in [1.165, 1.54) is 37.8 Å². The smallest absolute Gasteiger partial charge is 0.338 e. The van der Waals surface area contributed by atoms with Gasteiger partial charge in [0.25, 0.3) is 5.56 Å². The number of methoxy groups -OCH3 is 2. The van der Waals surface area contributed by atoms with Crippen molar-refractivity contribution in [1.29, 1.82) is 0 Å². The fourth-order valence-electron chi connectivity index (χ4n) is 5.28. The van der Waals surface area contributed by atoms with E-state index in [2.05, 4.69) is 4.99 Å². The number of hydrogen-bond donors (Lipinski definition) is 0. The van der Waals surface area contributed by atoms with Gasteiger partial charge in [0.2, 0.25) is 0 Å². The highest BCUT2D eigenvalue weighted by Crippen LogP contribution is 2.36. The Bertz CT molecular complexity index is 2200. The van der Waals surface area contributed by atoms with Crippen molar-refractivity contribution in [2.24, 2.45) is 4.99 Å². The number of benzene rings is 3. The Hall–Kier alpha value is -5.62. The monoisotopic (exact) mass is 638 g/mol. The van der Waals surface area contributed by atoms with E-state index >= 15 is 0 Å². The first kappa shape index (κ1) is 30.4. The summed E-state index contributed by atoms with van der Waals surface area (Å²) >= 11 is 1.16. The van der Waals surface area contributed by atoms with Crippen LogP contribution < -0.4 is 24.4 Å². The molecule has 0 amide bonds. The third kappa shape index (κ3) is 5.66. The summed E-state index contributed by atoms with van der Waals surface area (Å²) in [6.07, 6.45) is 3.51. The van der Waals surface area contributed by atoms with Crippen LogP contribution in [0.2, 0.25) is 0 Å². The second kappa shape index (κ2) is 12.4. The van der Waals surface area contributed by atoms with Gasteiger partial charge in [0, 0.05) is 24.2 Å². The minimum absolute atomic E-state index is 0.174. The maximum absolute atomic E-state index is 14.2. The lowest BCUT2D eigenvalue weighted by Gasteiger charge is -2.25. The summed E-state index contributed by atoms with van der Waals surface area (Å²) in [5.74, 6) is -1.12. The number of carbonyl (C=O) groups excluding carboxylic acids is 2. The largest absolute Gasteiger partial charge is 0.493 e. The van der Waals surface area contributed by atoms with Crippen LogP contribution in [0.25, 0.3) is 23.0 Å². The lowest BCUT2D eigenvalue weighted by molar-refractivity contribution is -0.136. The second-order valence-electron chi connectivity index (χ2n) is 10.3. The number of nitrogens with zero attached hydrogens (tertiary/aromatic N) is 4. The maximum atomic E-state index is 14.2. The molecule has 232 valence electrons. The molecule has 6 rings (SSSR count). The van der Waals surface area contributed by atoms with Gasteiger partial charge in [-0.2, -0.15) is 5.10 Å². The minimum atomic E-state index is -0.922. The third-order valence-electron chi connectivity index (χ3n) is 7.35. The van der Waals surface area contributed by atoms with Crippen molar-refractivity contribution in [3.63, 3.8) is 0 Å². The highest BCUT2D eigenvalue weighted by Gasteiger charge is 2.34. The molecule has 1 atom stereocenters. The molecule has 0 N–H and O–H groups in total. The molecule has 0 radical (unpaired) electrons. The lowest BCUT2D eigenvalue weighted by atomic mass is 9.95. The van der Waals surface area contributed by atoms with Crippen LogP contribution in [0.5, 0.6) is 11.5 Å². The van der Waals surface area contributed by atoms with Crippen molar-refractivity contribution in [3.05, 3.63) is 127 Å². The summed E-state index contributed by atoms with van der Waals surface area (Å²) < 4.78 is 33.1. The number of hydrogen-bond acceptors (Lipinski definition) is 9. The zero-order chi connectivity index (χ0) is 32.5. The van der Waals surface area contributed by atoms with Gasteiger partial charge in [-0.05, 0) is 67.1 Å². The first-order chi connectivity index (χ1) is 22.2. The van der Waals surface area contributed by atoms with Gasteiger partial charge in [0.1, 0.15) is 11.5 Å². The molecule has 0 fully saturated rings. The number of esters is 2. The summed E-state index contributed by atoms with van der Waals surface area (Å²) in [4.78, 5) is 44.0. The standard InChI is InChI=1S/C34H27FN4O6S/c1-19-29(33(42)44-4)31(22-12-15-26(45-20(2)40)27(16-22)43-3)39-32(41)28(46-34(39)36-19)17-23-18-38(25-8-6-5-7-9-25)37-30(23)21-10-13-24(35)14-11-21/h5-18,31H,1-4H3/b28-17-/t31-/m0/s1. The van der Waals surface area contributed by atoms with Crippen LogP contribution in [-0.2, 0) is 14.3 Å². The van der Waals surface area contributed by atoms with Gasteiger partial charge in [-0.15, -0.1) is 0 Å². The van der Waals surface area contributed by atoms with Crippen molar-refractivity contribution in [2.45, 2.75) is 19.9 Å². The highest BCUT2D eigenvalue weighted by molar-refractivity contribution is 7.07. The van der Waals surface area contributed by atoms with Crippen LogP contribution in [0, 0.1) is 5.82 Å². The number of thiazole rings is 1. The van der Waals surface area contributed by atoms with Crippen molar-refractivity contribution < 1.29 is 28.2 Å². The summed E-state index contributed by atoms with van der Waals surface area (Å²) in [5, 5.41) is 4.77. The number of para-hydroxylation sites is 1. The van der Waals surface area contributed by atoms with Crippen molar-refractivity contribution in [3.8, 4) is 28.4 Å². The predicted molar refractivity (Wildman–Crippen MR) is 169 cm³/mol. The van der Waals surface area contributed by atoms with E-state index in [-0.39, 0.29) is 22.9 Å². The number of aromatic nitrogens is 3. The topological polar surface area (TPSA) is 114 Å². The Balaban J connectivity index is 1.56. The van der Waals surface area contributed by atoms with E-state index in [1.807, 2.05) is 30.3 Å². The molecule has 0 spiro atoms. The molecule has 3 aromatic carbocycles. The van der Waals surface area contributed by atoms with Gasteiger partial charge in [0.15, 0.2) is 16.3 Å². The molecule has 2 aromatic heterocycles.